The van der Waals surface area contributed by atoms with Gasteiger partial charge in [0, 0.05) is 31.2 Å². The number of hydrogen-bond donors (Lipinski definition) is 0. The van der Waals surface area contributed by atoms with Crippen LogP contribution in [-0.2, 0) is 0 Å². The molecule has 0 saturated carbocycles. The van der Waals surface area contributed by atoms with Crippen LogP contribution in [0.2, 0.25) is 0 Å². The van der Waals surface area contributed by atoms with E-state index in [2.05, 4.69) is 37.5 Å². The van der Waals surface area contributed by atoms with Crippen LogP contribution in [0.4, 0.5) is 0 Å². The van der Waals surface area contributed by atoms with Crippen molar-refractivity contribution in [1.82, 2.24) is 9.80 Å². The summed E-state index contributed by atoms with van der Waals surface area (Å²) in [5, 5.41) is 0. The van der Waals surface area contributed by atoms with Crippen molar-refractivity contribution in [3.05, 3.63) is 0 Å². The quantitative estimate of drug-likeness (QED) is 0.605. The van der Waals surface area contributed by atoms with E-state index < -0.39 is 0 Å². The first kappa shape index (κ1) is 11.4. The Morgan fingerprint density at radius 2 is 1.80 bits per heavy atom. The molecule has 2 atom stereocenters. The maximum Gasteiger partial charge on any atom is 0.0226 e. The predicted octanol–water partition coefficient (Wildman–Crippen LogP) is 2.20. The number of hydrogen-bond acceptors (Lipinski definition) is 2. The molecule has 2 fully saturated rings. The van der Waals surface area contributed by atoms with Crippen molar-refractivity contribution < 1.29 is 0 Å². The fourth-order valence-electron chi connectivity index (χ4n) is 2.99. The molecule has 2 heterocycles. The van der Waals surface area contributed by atoms with Crippen LogP contribution in [0, 0.1) is 5.92 Å². The largest absolute Gasteiger partial charge is 0.298 e. The van der Waals surface area contributed by atoms with Crippen LogP contribution in [0.25, 0.3) is 0 Å². The van der Waals surface area contributed by atoms with Crippen LogP contribution in [0.5, 0.6) is 0 Å². The van der Waals surface area contributed by atoms with E-state index in [0.717, 1.165) is 12.0 Å². The van der Waals surface area contributed by atoms with E-state index in [1.165, 1.54) is 39.0 Å². The summed E-state index contributed by atoms with van der Waals surface area (Å²) in [5.41, 5.74) is 0.354. The van der Waals surface area contributed by atoms with Crippen LogP contribution >= 0.6 is 0 Å². The highest BCUT2D eigenvalue weighted by molar-refractivity contribution is 4.91. The first-order valence-electron chi connectivity index (χ1n) is 6.46. The van der Waals surface area contributed by atoms with E-state index >= 15 is 0 Å². The lowest BCUT2D eigenvalue weighted by molar-refractivity contribution is -0.00494. The lowest BCUT2D eigenvalue weighted by Gasteiger charge is -2.49. The summed E-state index contributed by atoms with van der Waals surface area (Å²) in [4.78, 5) is 5.37. The zero-order valence-electron chi connectivity index (χ0n) is 10.8. The fraction of sp³-hybridized carbons (Fsp3) is 1.00. The van der Waals surface area contributed by atoms with Crippen molar-refractivity contribution in [2.75, 3.05) is 26.2 Å². The van der Waals surface area contributed by atoms with Crippen molar-refractivity contribution in [1.29, 1.82) is 0 Å². The molecule has 2 heteroatoms. The minimum atomic E-state index is 0.354. The van der Waals surface area contributed by atoms with E-state index in [-0.39, 0.29) is 0 Å². The molecule has 0 aromatic rings. The summed E-state index contributed by atoms with van der Waals surface area (Å²) in [5.74, 6) is 0.936. The van der Waals surface area contributed by atoms with Crippen molar-refractivity contribution in [2.24, 2.45) is 5.92 Å². The summed E-state index contributed by atoms with van der Waals surface area (Å²) < 4.78 is 0. The average Bonchev–Trinajstić information content (AvgIpc) is 2.15. The minimum absolute atomic E-state index is 0.354. The molecule has 0 aromatic carbocycles. The molecular weight excluding hydrogens is 184 g/mol. The molecule has 2 rings (SSSR count). The van der Waals surface area contributed by atoms with E-state index in [0.29, 0.717) is 5.54 Å². The van der Waals surface area contributed by atoms with Gasteiger partial charge < -0.3 is 0 Å². The number of rotatable bonds is 0. The molecule has 88 valence electrons. The van der Waals surface area contributed by atoms with Crippen LogP contribution in [0.1, 0.15) is 40.5 Å². The highest BCUT2D eigenvalue weighted by Gasteiger charge is 2.34. The first-order valence-corrected chi connectivity index (χ1v) is 6.46. The minimum Gasteiger partial charge on any atom is -0.298 e. The summed E-state index contributed by atoms with van der Waals surface area (Å²) in [6.45, 7) is 14.6. The van der Waals surface area contributed by atoms with Gasteiger partial charge >= 0.3 is 0 Å². The molecule has 0 aliphatic carbocycles. The zero-order chi connectivity index (χ0) is 11.1. The Labute approximate surface area is 94.6 Å². The van der Waals surface area contributed by atoms with E-state index in [1.54, 1.807) is 0 Å². The summed E-state index contributed by atoms with van der Waals surface area (Å²) in [6.07, 6.45) is 2.82. The second-order valence-electron chi connectivity index (χ2n) is 6.44. The molecular formula is C13H26N2. The predicted molar refractivity (Wildman–Crippen MR) is 65.1 cm³/mol. The fourth-order valence-corrected chi connectivity index (χ4v) is 2.99. The molecule has 15 heavy (non-hydrogen) atoms. The van der Waals surface area contributed by atoms with Gasteiger partial charge in [0.2, 0.25) is 0 Å². The van der Waals surface area contributed by atoms with Gasteiger partial charge in [0.05, 0.1) is 0 Å². The molecule has 2 nitrogen and oxygen atoms in total. The average molecular weight is 210 g/mol. The number of piperazine rings is 1. The lowest BCUT2D eigenvalue weighted by Crippen LogP contribution is -2.60. The Hall–Kier alpha value is -0.0800. The zero-order valence-corrected chi connectivity index (χ0v) is 10.8. The van der Waals surface area contributed by atoms with Gasteiger partial charge in [0.25, 0.3) is 0 Å². The monoisotopic (exact) mass is 210 g/mol. The molecule has 2 aliphatic heterocycles. The van der Waals surface area contributed by atoms with E-state index in [4.69, 9.17) is 0 Å². The maximum absolute atomic E-state index is 2.71. The van der Waals surface area contributed by atoms with Gasteiger partial charge in [-0.2, -0.15) is 0 Å². The van der Waals surface area contributed by atoms with Crippen molar-refractivity contribution >= 4 is 0 Å². The second-order valence-corrected chi connectivity index (χ2v) is 6.44. The Kier molecular flexibility index (Phi) is 3.09. The van der Waals surface area contributed by atoms with Crippen LogP contribution in [0.15, 0.2) is 0 Å². The Morgan fingerprint density at radius 1 is 1.07 bits per heavy atom. The molecule has 2 unspecified atom stereocenters. The molecule has 0 radical (unpaired) electrons. The lowest BCUT2D eigenvalue weighted by atomic mass is 9.89. The molecule has 0 aromatic heterocycles. The Bertz CT molecular complexity index is 219. The third kappa shape index (κ3) is 2.54. The second kappa shape index (κ2) is 4.06. The van der Waals surface area contributed by atoms with Gasteiger partial charge in [-0.15, -0.1) is 0 Å². The molecule has 0 amide bonds. The van der Waals surface area contributed by atoms with Crippen LogP contribution < -0.4 is 0 Å². The van der Waals surface area contributed by atoms with Crippen molar-refractivity contribution in [3.8, 4) is 0 Å². The first-order chi connectivity index (χ1) is 6.97. The molecule has 2 saturated heterocycles. The number of nitrogens with zero attached hydrogens (tertiary/aromatic N) is 2. The third-order valence-corrected chi connectivity index (χ3v) is 4.14. The van der Waals surface area contributed by atoms with Gasteiger partial charge in [-0.1, -0.05) is 6.92 Å². The maximum atomic E-state index is 2.71. The van der Waals surface area contributed by atoms with Gasteiger partial charge in [-0.3, -0.25) is 9.80 Å². The number of piperidine rings is 1. The van der Waals surface area contributed by atoms with Gasteiger partial charge in [-0.05, 0) is 46.1 Å². The normalized spacial score (nSPS) is 35.2. The summed E-state index contributed by atoms with van der Waals surface area (Å²) >= 11 is 0. The summed E-state index contributed by atoms with van der Waals surface area (Å²) in [7, 11) is 0. The SMILES string of the molecule is CC1CCN2CCN(C(C)(C)C)CC2C1. The topological polar surface area (TPSA) is 6.48 Å². The standard InChI is InChI=1S/C13H26N2/c1-11-5-6-14-7-8-15(13(2,3)4)10-12(14)9-11/h11-12H,5-10H2,1-4H3. The Morgan fingerprint density at radius 3 is 2.47 bits per heavy atom. The van der Waals surface area contributed by atoms with Gasteiger partial charge in [0.1, 0.15) is 0 Å². The van der Waals surface area contributed by atoms with Crippen molar-refractivity contribution in [2.45, 2.75) is 52.1 Å². The smallest absolute Gasteiger partial charge is 0.0226 e. The molecule has 2 aliphatic rings. The molecule has 0 N–H and O–H groups in total. The van der Waals surface area contributed by atoms with Gasteiger partial charge in [0.15, 0.2) is 0 Å². The van der Waals surface area contributed by atoms with Gasteiger partial charge in [-0.25, -0.2) is 0 Å². The highest BCUT2D eigenvalue weighted by atomic mass is 15.3. The van der Waals surface area contributed by atoms with Crippen LogP contribution in [0.3, 0.4) is 0 Å². The van der Waals surface area contributed by atoms with Crippen LogP contribution in [-0.4, -0.2) is 47.6 Å². The highest BCUT2D eigenvalue weighted by Crippen LogP contribution is 2.28. The Balaban J connectivity index is 1.97. The number of fused-ring (bicyclic) bond motifs is 1. The van der Waals surface area contributed by atoms with Crippen molar-refractivity contribution in [3.63, 3.8) is 0 Å². The van der Waals surface area contributed by atoms with E-state index in [1.807, 2.05) is 0 Å². The summed E-state index contributed by atoms with van der Waals surface area (Å²) in [6, 6.07) is 0.835. The molecule has 0 spiro atoms. The molecule has 0 bridgehead atoms. The third-order valence-electron chi connectivity index (χ3n) is 4.14. The van der Waals surface area contributed by atoms with E-state index in [9.17, 15) is 0 Å².